The molecule has 14 heavy (non-hydrogen) atoms. The smallest absolute Gasteiger partial charge is 0.184 e. The Balaban J connectivity index is 0.000000791. The van der Waals surface area contributed by atoms with E-state index in [1.807, 2.05) is 0 Å². The zero-order valence-electron chi connectivity index (χ0n) is 7.13. The highest BCUT2D eigenvalue weighted by atomic mass is 16.6. The van der Waals surface area contributed by atoms with Crippen LogP contribution in [-0.4, -0.2) is 62.8 Å². The lowest BCUT2D eigenvalue weighted by atomic mass is 10.00. The van der Waals surface area contributed by atoms with Gasteiger partial charge >= 0.3 is 0 Å². The summed E-state index contributed by atoms with van der Waals surface area (Å²) in [6.45, 7) is -0.526. The molecule has 0 radical (unpaired) electrons. The average Bonchev–Trinajstić information content (AvgIpc) is 2.23. The van der Waals surface area contributed by atoms with Crippen molar-refractivity contribution in [3.8, 4) is 0 Å². The van der Waals surface area contributed by atoms with Crippen LogP contribution in [0.15, 0.2) is 0 Å². The first-order chi connectivity index (χ1) is 6.57. The molecule has 0 aliphatic carbocycles. The molecule has 0 aromatic rings. The predicted octanol–water partition coefficient (Wildman–Crippen LogP) is -3.19. The highest BCUT2D eigenvalue weighted by Gasteiger charge is 2.42. The Kier molecular flexibility index (Phi) is 5.47. The molecule has 82 valence electrons. The van der Waals surface area contributed by atoms with Gasteiger partial charge in [-0.1, -0.05) is 0 Å². The summed E-state index contributed by atoms with van der Waals surface area (Å²) in [6, 6.07) is 0. The lowest BCUT2D eigenvalue weighted by Gasteiger charge is -2.37. The molecule has 0 aromatic heterocycles. The fourth-order valence-corrected chi connectivity index (χ4v) is 1.08. The third-order valence-electron chi connectivity index (χ3n) is 1.87. The average molecular weight is 208 g/mol. The molecule has 1 rings (SSSR count). The highest BCUT2D eigenvalue weighted by molar-refractivity contribution is 4.87. The number of hydrogen-bond acceptors (Lipinski definition) is 8. The van der Waals surface area contributed by atoms with Crippen LogP contribution in [0.25, 0.3) is 0 Å². The Bertz CT molecular complexity index is 184. The van der Waals surface area contributed by atoms with E-state index in [1.165, 1.54) is 0 Å². The van der Waals surface area contributed by atoms with Crippen LogP contribution in [0.4, 0.5) is 0 Å². The van der Waals surface area contributed by atoms with E-state index < -0.39 is 37.3 Å². The van der Waals surface area contributed by atoms with Crippen LogP contribution in [0.5, 0.6) is 0 Å². The molecule has 0 saturated carbocycles. The molecule has 8 heteroatoms. The van der Waals surface area contributed by atoms with Crippen molar-refractivity contribution in [1.29, 1.82) is 10.8 Å². The largest absolute Gasteiger partial charge is 0.394 e. The number of rotatable bonds is 1. The number of aliphatic hydroxyl groups excluding tert-OH is 5. The first-order valence-electron chi connectivity index (χ1n) is 3.76. The Hall–Kier alpha value is -0.820. The van der Waals surface area contributed by atoms with Crippen LogP contribution in [0.2, 0.25) is 0 Å². The molecule has 1 unspecified atom stereocenters. The van der Waals surface area contributed by atoms with Gasteiger partial charge in [0, 0.05) is 10.8 Å². The number of aliphatic hydroxyl groups is 5. The number of ether oxygens (including phenoxy) is 1. The summed E-state index contributed by atoms with van der Waals surface area (Å²) in [5.41, 5.74) is 0. The minimum absolute atomic E-state index is 0.526. The van der Waals surface area contributed by atoms with Gasteiger partial charge in [-0.25, -0.2) is 0 Å². The third-order valence-corrected chi connectivity index (χ3v) is 1.87. The molecule has 5 N–H and O–H groups in total. The van der Waals surface area contributed by atoms with E-state index in [9.17, 15) is 0 Å². The summed E-state index contributed by atoms with van der Waals surface area (Å²) in [4.78, 5) is 0. The quantitative estimate of drug-likeness (QED) is 0.282. The molecule has 0 spiro atoms. The van der Waals surface area contributed by atoms with Gasteiger partial charge in [-0.3, -0.25) is 0 Å². The Morgan fingerprint density at radius 1 is 0.929 bits per heavy atom. The second kappa shape index (κ2) is 5.82. The molecule has 8 nitrogen and oxygen atoms in total. The zero-order valence-corrected chi connectivity index (χ0v) is 7.13. The molecular formula is C6H12N2O6. The Morgan fingerprint density at radius 2 is 1.43 bits per heavy atom. The van der Waals surface area contributed by atoms with Crippen LogP contribution in [0, 0.1) is 10.8 Å². The molecule has 1 aliphatic heterocycles. The molecule has 1 fully saturated rings. The lowest BCUT2D eigenvalue weighted by molar-refractivity contribution is -0.286. The molecule has 0 amide bonds. The first kappa shape index (κ1) is 13.2. The molecular weight excluding hydrogens is 196 g/mol. The summed E-state index contributed by atoms with van der Waals surface area (Å²) in [5.74, 6) is 0. The van der Waals surface area contributed by atoms with Crippen molar-refractivity contribution in [2.24, 2.45) is 0 Å². The zero-order chi connectivity index (χ0) is 11.3. The van der Waals surface area contributed by atoms with E-state index in [2.05, 4.69) is 4.74 Å². The predicted molar refractivity (Wildman–Crippen MR) is 39.4 cm³/mol. The van der Waals surface area contributed by atoms with Gasteiger partial charge in [-0.15, -0.1) is 0 Å². The van der Waals surface area contributed by atoms with E-state index in [0.29, 0.717) is 0 Å². The van der Waals surface area contributed by atoms with Crippen molar-refractivity contribution in [3.05, 3.63) is 0 Å². The maximum atomic E-state index is 9.12. The SMILES string of the molecule is N#N.OC[C@H]1OC(O)[C@H](O)[C@@H](O)[C@@H]1O. The minimum Gasteiger partial charge on any atom is -0.394 e. The minimum atomic E-state index is -1.57. The van der Waals surface area contributed by atoms with Gasteiger partial charge in [-0.05, 0) is 0 Å². The fraction of sp³-hybridized carbons (Fsp3) is 1.00. The number of hydrogen-bond donors (Lipinski definition) is 5. The van der Waals surface area contributed by atoms with E-state index in [4.69, 9.17) is 36.3 Å². The van der Waals surface area contributed by atoms with Crippen molar-refractivity contribution in [2.75, 3.05) is 6.61 Å². The number of nitrogens with zero attached hydrogens (tertiary/aromatic N) is 2. The van der Waals surface area contributed by atoms with Gasteiger partial charge in [0.15, 0.2) is 6.29 Å². The third kappa shape index (κ3) is 2.58. The standard InChI is InChI=1S/C6H12O6.N2/c7-1-2-3(8)4(9)5(10)6(11)12-2;1-2/h2-11H,1H2;/t2-,3-,4+,5-,6?;/m1./s1. The molecule has 1 saturated heterocycles. The van der Waals surface area contributed by atoms with E-state index >= 15 is 0 Å². The summed E-state index contributed by atoms with van der Waals surface area (Å²) in [6.07, 6.45) is -7.04. The van der Waals surface area contributed by atoms with Crippen molar-refractivity contribution in [1.82, 2.24) is 0 Å². The van der Waals surface area contributed by atoms with Gasteiger partial charge < -0.3 is 30.3 Å². The molecule has 0 bridgehead atoms. The molecule has 0 aromatic carbocycles. The van der Waals surface area contributed by atoms with Crippen molar-refractivity contribution in [2.45, 2.75) is 30.7 Å². The summed E-state index contributed by atoms with van der Waals surface area (Å²) < 4.78 is 4.58. The maximum absolute atomic E-state index is 9.12. The van der Waals surface area contributed by atoms with Crippen LogP contribution >= 0.6 is 0 Å². The highest BCUT2D eigenvalue weighted by Crippen LogP contribution is 2.18. The summed E-state index contributed by atoms with van der Waals surface area (Å²) in [7, 11) is 0. The first-order valence-corrected chi connectivity index (χ1v) is 3.76. The van der Waals surface area contributed by atoms with E-state index in [1.54, 1.807) is 0 Å². The Labute approximate surface area is 79.4 Å². The van der Waals surface area contributed by atoms with Crippen molar-refractivity contribution in [3.63, 3.8) is 0 Å². The topological polar surface area (TPSA) is 158 Å². The van der Waals surface area contributed by atoms with Crippen LogP contribution in [-0.2, 0) is 4.74 Å². The second-order valence-corrected chi connectivity index (χ2v) is 2.72. The van der Waals surface area contributed by atoms with Gasteiger partial charge in [0.05, 0.1) is 6.61 Å². The Morgan fingerprint density at radius 3 is 1.86 bits per heavy atom. The fourth-order valence-electron chi connectivity index (χ4n) is 1.08. The normalized spacial score (nSPS) is 42.4. The second-order valence-electron chi connectivity index (χ2n) is 2.72. The van der Waals surface area contributed by atoms with Crippen LogP contribution in [0.3, 0.4) is 0 Å². The van der Waals surface area contributed by atoms with Gasteiger partial charge in [0.25, 0.3) is 0 Å². The lowest BCUT2D eigenvalue weighted by Crippen LogP contribution is -2.58. The molecule has 1 aliphatic rings. The monoisotopic (exact) mass is 208 g/mol. The maximum Gasteiger partial charge on any atom is 0.184 e. The van der Waals surface area contributed by atoms with Crippen molar-refractivity contribution < 1.29 is 30.3 Å². The van der Waals surface area contributed by atoms with E-state index in [0.717, 1.165) is 0 Å². The molecule has 5 atom stereocenters. The van der Waals surface area contributed by atoms with Gasteiger partial charge in [0.2, 0.25) is 0 Å². The van der Waals surface area contributed by atoms with Crippen LogP contribution in [0.1, 0.15) is 0 Å². The summed E-state index contributed by atoms with van der Waals surface area (Å²) in [5, 5.41) is 56.7. The van der Waals surface area contributed by atoms with Gasteiger partial charge in [-0.2, -0.15) is 0 Å². The van der Waals surface area contributed by atoms with Gasteiger partial charge in [0.1, 0.15) is 24.4 Å². The molecule has 1 heterocycles. The summed E-state index contributed by atoms with van der Waals surface area (Å²) >= 11 is 0. The van der Waals surface area contributed by atoms with E-state index in [-0.39, 0.29) is 0 Å². The van der Waals surface area contributed by atoms with Crippen LogP contribution < -0.4 is 0 Å². The van der Waals surface area contributed by atoms with Crippen molar-refractivity contribution >= 4 is 0 Å².